The Morgan fingerprint density at radius 3 is 2.50 bits per heavy atom. The molecular weight excluding hydrogens is 242 g/mol. The number of amides is 1. The summed E-state index contributed by atoms with van der Waals surface area (Å²) in [4.78, 5) is 32.4. The monoisotopic (exact) mass is 255 g/mol. The van der Waals surface area contributed by atoms with Crippen molar-refractivity contribution in [2.75, 3.05) is 5.32 Å². The summed E-state index contributed by atoms with van der Waals surface area (Å²) in [5.41, 5.74) is -0.117. The lowest BCUT2D eigenvalue weighted by Crippen LogP contribution is -2.14. The summed E-state index contributed by atoms with van der Waals surface area (Å²) in [6.07, 6.45) is 2.07. The molecule has 0 saturated carbocycles. The summed E-state index contributed by atoms with van der Waals surface area (Å²) in [7, 11) is 0. The zero-order chi connectivity index (χ0) is 13.5. The maximum atomic E-state index is 11.4. The Hall–Kier alpha value is -2.38. The van der Waals surface area contributed by atoms with E-state index in [1.165, 1.54) is 0 Å². The Bertz CT molecular complexity index is 454. The molecule has 0 aliphatic heterocycles. The zero-order valence-electron chi connectivity index (χ0n) is 9.47. The summed E-state index contributed by atoms with van der Waals surface area (Å²) >= 11 is 0. The molecule has 0 aliphatic carbocycles. The fourth-order valence-corrected chi connectivity index (χ4v) is 1.31. The molecule has 1 aromatic heterocycles. The molecule has 0 atom stereocenters. The van der Waals surface area contributed by atoms with Crippen LogP contribution in [0.25, 0.3) is 0 Å². The van der Waals surface area contributed by atoms with Crippen molar-refractivity contribution < 1.29 is 24.6 Å². The van der Waals surface area contributed by atoms with Gasteiger partial charge in [-0.25, -0.2) is 4.79 Å². The molecule has 0 radical (unpaired) electrons. The van der Waals surface area contributed by atoms with Gasteiger partial charge in [0.1, 0.15) is 11.4 Å². The zero-order valence-corrected chi connectivity index (χ0v) is 9.47. The first kappa shape index (κ1) is 13.7. The quantitative estimate of drug-likeness (QED) is 0.530. The van der Waals surface area contributed by atoms with Crippen LogP contribution in [-0.4, -0.2) is 38.3 Å². The highest BCUT2D eigenvalue weighted by Crippen LogP contribution is 2.11. The molecule has 1 aromatic rings. The first-order valence-electron chi connectivity index (χ1n) is 5.29. The Morgan fingerprint density at radius 1 is 1.22 bits per heavy atom. The first-order chi connectivity index (χ1) is 8.50. The number of aromatic carboxylic acids is 1. The van der Waals surface area contributed by atoms with Gasteiger partial charge in [-0.15, -0.1) is 0 Å². The van der Waals surface area contributed by atoms with Crippen LogP contribution in [0.4, 0.5) is 5.82 Å². The molecule has 0 fully saturated rings. The van der Waals surface area contributed by atoms with Crippen molar-refractivity contribution in [1.82, 2.24) is 10.2 Å². The maximum Gasteiger partial charge on any atom is 0.341 e. The normalized spacial score (nSPS) is 10.0. The molecule has 0 spiro atoms. The second-order valence-electron chi connectivity index (χ2n) is 3.61. The number of H-pyrrole nitrogens is 1. The number of nitrogens with zero attached hydrogens (tertiary/aromatic N) is 1. The summed E-state index contributed by atoms with van der Waals surface area (Å²) in [6, 6.07) is 0. The van der Waals surface area contributed by atoms with E-state index in [1.54, 1.807) is 0 Å². The minimum absolute atomic E-state index is 0.0116. The number of carbonyl (C=O) groups is 3. The fraction of sp³-hybridized carbons (Fsp3) is 0.400. The summed E-state index contributed by atoms with van der Waals surface area (Å²) in [5.74, 6) is -2.44. The second kappa shape index (κ2) is 6.38. The lowest BCUT2D eigenvalue weighted by Gasteiger charge is -2.03. The van der Waals surface area contributed by atoms with Crippen molar-refractivity contribution in [1.29, 1.82) is 0 Å². The molecule has 0 aromatic carbocycles. The second-order valence-corrected chi connectivity index (χ2v) is 3.61. The van der Waals surface area contributed by atoms with Gasteiger partial charge in [0.05, 0.1) is 6.20 Å². The van der Waals surface area contributed by atoms with E-state index in [-0.39, 0.29) is 30.1 Å². The molecule has 0 unspecified atom stereocenters. The van der Waals surface area contributed by atoms with Crippen LogP contribution in [-0.2, 0) is 9.59 Å². The van der Waals surface area contributed by atoms with Gasteiger partial charge >= 0.3 is 11.9 Å². The molecule has 8 heteroatoms. The molecule has 98 valence electrons. The molecule has 0 aliphatic rings. The predicted octanol–water partition coefficient (Wildman–Crippen LogP) is 0.691. The maximum absolute atomic E-state index is 11.4. The highest BCUT2D eigenvalue weighted by atomic mass is 16.4. The third-order valence-electron chi connectivity index (χ3n) is 2.18. The molecule has 8 nitrogen and oxygen atoms in total. The smallest absolute Gasteiger partial charge is 0.341 e. The van der Waals surface area contributed by atoms with Crippen molar-refractivity contribution >= 4 is 23.7 Å². The van der Waals surface area contributed by atoms with E-state index in [1.807, 2.05) is 0 Å². The third kappa shape index (κ3) is 4.24. The average Bonchev–Trinajstić information content (AvgIpc) is 2.72. The average molecular weight is 255 g/mol. The molecule has 1 amide bonds. The minimum Gasteiger partial charge on any atom is -0.481 e. The third-order valence-corrected chi connectivity index (χ3v) is 2.18. The number of anilines is 1. The number of carboxylic acid groups (broad SMARTS) is 2. The van der Waals surface area contributed by atoms with Gasteiger partial charge in [0, 0.05) is 12.8 Å². The number of unbranched alkanes of at least 4 members (excludes halogenated alkanes) is 1. The van der Waals surface area contributed by atoms with Crippen molar-refractivity contribution in [2.45, 2.75) is 25.7 Å². The van der Waals surface area contributed by atoms with Gasteiger partial charge in [-0.3, -0.25) is 14.7 Å². The van der Waals surface area contributed by atoms with Gasteiger partial charge in [-0.05, 0) is 12.8 Å². The molecule has 0 bridgehead atoms. The summed E-state index contributed by atoms with van der Waals surface area (Å²) in [6.45, 7) is 0. The largest absolute Gasteiger partial charge is 0.481 e. The van der Waals surface area contributed by atoms with Crippen molar-refractivity contribution in [3.05, 3.63) is 11.8 Å². The van der Waals surface area contributed by atoms with Crippen LogP contribution >= 0.6 is 0 Å². The minimum atomic E-state index is -1.19. The van der Waals surface area contributed by atoms with Gasteiger partial charge in [0.15, 0.2) is 0 Å². The Kier molecular flexibility index (Phi) is 4.85. The van der Waals surface area contributed by atoms with Crippen LogP contribution in [0.2, 0.25) is 0 Å². The number of carboxylic acids is 2. The van der Waals surface area contributed by atoms with Crippen LogP contribution in [0.3, 0.4) is 0 Å². The summed E-state index contributed by atoms with van der Waals surface area (Å²) in [5, 5.41) is 25.4. The van der Waals surface area contributed by atoms with Gasteiger partial charge < -0.3 is 15.5 Å². The Morgan fingerprint density at radius 2 is 1.89 bits per heavy atom. The molecule has 1 heterocycles. The topological polar surface area (TPSA) is 132 Å². The van der Waals surface area contributed by atoms with E-state index in [0.29, 0.717) is 12.8 Å². The van der Waals surface area contributed by atoms with Crippen molar-refractivity contribution in [2.24, 2.45) is 0 Å². The first-order valence-corrected chi connectivity index (χ1v) is 5.29. The van der Waals surface area contributed by atoms with Crippen LogP contribution in [0, 0.1) is 0 Å². The Labute approximate surface area is 102 Å². The highest BCUT2D eigenvalue weighted by Gasteiger charge is 2.14. The number of aliphatic carboxylic acids is 1. The van der Waals surface area contributed by atoms with Gasteiger partial charge in [-0.2, -0.15) is 5.10 Å². The number of rotatable bonds is 7. The standard InChI is InChI=1S/C10H13N3O5/c14-7(3-1-2-4-8(15)16)12-9-6(10(17)18)5-11-13-9/h5H,1-4H2,(H,15,16)(H,17,18)(H2,11,12,13,14). The number of nitrogens with one attached hydrogen (secondary N) is 2. The van der Waals surface area contributed by atoms with Gasteiger partial charge in [-0.1, -0.05) is 0 Å². The SMILES string of the molecule is O=C(O)CCCCC(=O)Nc1[nH]ncc1C(=O)O. The lowest BCUT2D eigenvalue weighted by molar-refractivity contribution is -0.137. The van der Waals surface area contributed by atoms with Crippen molar-refractivity contribution in [3.8, 4) is 0 Å². The molecule has 0 saturated heterocycles. The van der Waals surface area contributed by atoms with Gasteiger partial charge in [0.25, 0.3) is 0 Å². The van der Waals surface area contributed by atoms with E-state index in [2.05, 4.69) is 15.5 Å². The fourth-order valence-electron chi connectivity index (χ4n) is 1.31. The number of hydrogen-bond acceptors (Lipinski definition) is 4. The molecule has 4 N–H and O–H groups in total. The summed E-state index contributed by atoms with van der Waals surface area (Å²) < 4.78 is 0. The van der Waals surface area contributed by atoms with E-state index in [4.69, 9.17) is 10.2 Å². The lowest BCUT2D eigenvalue weighted by atomic mass is 10.2. The van der Waals surface area contributed by atoms with Crippen molar-refractivity contribution in [3.63, 3.8) is 0 Å². The number of aromatic amines is 1. The van der Waals surface area contributed by atoms with E-state index < -0.39 is 11.9 Å². The predicted molar refractivity (Wildman–Crippen MR) is 60.3 cm³/mol. The molecular formula is C10H13N3O5. The highest BCUT2D eigenvalue weighted by molar-refractivity contribution is 5.98. The number of carbonyl (C=O) groups excluding carboxylic acids is 1. The van der Waals surface area contributed by atoms with Crippen LogP contribution in [0.5, 0.6) is 0 Å². The Balaban J connectivity index is 2.38. The molecule has 1 rings (SSSR count). The number of hydrogen-bond donors (Lipinski definition) is 4. The van der Waals surface area contributed by atoms with Crippen LogP contribution < -0.4 is 5.32 Å². The molecule has 18 heavy (non-hydrogen) atoms. The number of aromatic nitrogens is 2. The van der Waals surface area contributed by atoms with E-state index >= 15 is 0 Å². The van der Waals surface area contributed by atoms with E-state index in [0.717, 1.165) is 6.20 Å². The van der Waals surface area contributed by atoms with E-state index in [9.17, 15) is 14.4 Å². The van der Waals surface area contributed by atoms with Crippen LogP contribution in [0.15, 0.2) is 6.20 Å². The van der Waals surface area contributed by atoms with Crippen LogP contribution in [0.1, 0.15) is 36.0 Å². The van der Waals surface area contributed by atoms with Gasteiger partial charge in [0.2, 0.25) is 5.91 Å².